The zero-order chi connectivity index (χ0) is 12.5. The second-order valence-electron chi connectivity index (χ2n) is 4.28. The first kappa shape index (κ1) is 13.9. The minimum atomic E-state index is 0.418. The van der Waals surface area contributed by atoms with Crippen molar-refractivity contribution < 1.29 is 4.74 Å². The molecule has 0 aliphatic rings. The molecule has 2 nitrogen and oxygen atoms in total. The van der Waals surface area contributed by atoms with Crippen LogP contribution >= 0.6 is 0 Å². The van der Waals surface area contributed by atoms with Crippen molar-refractivity contribution in [1.29, 1.82) is 0 Å². The molecule has 17 heavy (non-hydrogen) atoms. The van der Waals surface area contributed by atoms with Gasteiger partial charge in [-0.25, -0.2) is 0 Å². The summed E-state index contributed by atoms with van der Waals surface area (Å²) in [6.07, 6.45) is 5.52. The average molecular weight is 233 g/mol. The van der Waals surface area contributed by atoms with Crippen LogP contribution < -0.4 is 5.32 Å². The molecule has 1 atom stereocenters. The molecule has 0 bridgehead atoms. The summed E-state index contributed by atoms with van der Waals surface area (Å²) < 4.78 is 5.13. The molecule has 1 N–H and O–H groups in total. The van der Waals surface area contributed by atoms with Crippen LogP contribution in [0.4, 0.5) is 0 Å². The summed E-state index contributed by atoms with van der Waals surface area (Å²) in [6, 6.07) is 8.84. The van der Waals surface area contributed by atoms with Gasteiger partial charge in [0.05, 0.1) is 6.61 Å². The highest BCUT2D eigenvalue weighted by Crippen LogP contribution is 2.08. The second-order valence-corrected chi connectivity index (χ2v) is 4.28. The third-order valence-electron chi connectivity index (χ3n) is 2.56. The van der Waals surface area contributed by atoms with Gasteiger partial charge in [0.2, 0.25) is 0 Å². The number of nitrogens with one attached hydrogen (secondary N) is 1. The molecule has 0 amide bonds. The van der Waals surface area contributed by atoms with E-state index in [1.807, 2.05) is 0 Å². The molecule has 0 aromatic heterocycles. The predicted molar refractivity (Wildman–Crippen MR) is 73.9 cm³/mol. The van der Waals surface area contributed by atoms with Crippen LogP contribution in [0.25, 0.3) is 6.08 Å². The van der Waals surface area contributed by atoms with Crippen LogP contribution in [0, 0.1) is 0 Å². The number of rotatable bonds is 7. The van der Waals surface area contributed by atoms with Gasteiger partial charge in [0.25, 0.3) is 0 Å². The first-order valence-corrected chi connectivity index (χ1v) is 6.25. The van der Waals surface area contributed by atoms with Crippen LogP contribution in [0.3, 0.4) is 0 Å². The Kier molecular flexibility index (Phi) is 6.60. The fourth-order valence-corrected chi connectivity index (χ4v) is 1.65. The Morgan fingerprint density at radius 2 is 2.24 bits per heavy atom. The van der Waals surface area contributed by atoms with E-state index in [0.29, 0.717) is 12.6 Å². The lowest BCUT2D eigenvalue weighted by molar-refractivity contribution is 0.185. The standard InChI is InChI=1S/C15H23NO/c1-4-10-16-13(2)8-9-14-6-5-7-15(11-14)12-17-3/h5-9,11,13,16H,4,10,12H2,1-3H3/b9-8+. The largest absolute Gasteiger partial charge is 0.380 e. The lowest BCUT2D eigenvalue weighted by Crippen LogP contribution is -2.24. The number of benzene rings is 1. The van der Waals surface area contributed by atoms with E-state index in [1.165, 1.54) is 17.5 Å². The van der Waals surface area contributed by atoms with Gasteiger partial charge >= 0.3 is 0 Å². The van der Waals surface area contributed by atoms with Crippen LogP contribution in [-0.2, 0) is 11.3 Å². The van der Waals surface area contributed by atoms with Crippen molar-refractivity contribution in [3.63, 3.8) is 0 Å². The summed E-state index contributed by atoms with van der Waals surface area (Å²) in [5.41, 5.74) is 2.44. The molecule has 0 heterocycles. The molecule has 1 aromatic carbocycles. The van der Waals surface area contributed by atoms with Crippen molar-refractivity contribution >= 4 is 6.08 Å². The lowest BCUT2D eigenvalue weighted by Gasteiger charge is -2.07. The maximum Gasteiger partial charge on any atom is 0.0713 e. The van der Waals surface area contributed by atoms with Gasteiger partial charge in [0, 0.05) is 13.2 Å². The summed E-state index contributed by atoms with van der Waals surface area (Å²) in [4.78, 5) is 0. The van der Waals surface area contributed by atoms with E-state index in [-0.39, 0.29) is 0 Å². The van der Waals surface area contributed by atoms with E-state index in [4.69, 9.17) is 4.74 Å². The Labute approximate surface area is 105 Å². The molecule has 0 radical (unpaired) electrons. The van der Waals surface area contributed by atoms with Gasteiger partial charge in [-0.2, -0.15) is 0 Å². The Hall–Kier alpha value is -1.12. The molecule has 0 fully saturated rings. The van der Waals surface area contributed by atoms with Crippen LogP contribution in [0.15, 0.2) is 30.3 Å². The van der Waals surface area contributed by atoms with Crippen molar-refractivity contribution in [2.45, 2.75) is 32.9 Å². The van der Waals surface area contributed by atoms with Crippen LogP contribution in [0.2, 0.25) is 0 Å². The molecule has 0 saturated carbocycles. The molecule has 94 valence electrons. The summed E-state index contributed by atoms with van der Waals surface area (Å²) >= 11 is 0. The van der Waals surface area contributed by atoms with Crippen molar-refractivity contribution in [2.24, 2.45) is 0 Å². The van der Waals surface area contributed by atoms with Gasteiger partial charge in [0.1, 0.15) is 0 Å². The molecule has 2 heteroatoms. The molecule has 1 unspecified atom stereocenters. The van der Waals surface area contributed by atoms with Crippen molar-refractivity contribution in [2.75, 3.05) is 13.7 Å². The molecular formula is C15H23NO. The van der Waals surface area contributed by atoms with E-state index < -0.39 is 0 Å². The highest BCUT2D eigenvalue weighted by atomic mass is 16.5. The van der Waals surface area contributed by atoms with Gasteiger partial charge < -0.3 is 10.1 Å². The summed E-state index contributed by atoms with van der Waals surface area (Å²) in [6.45, 7) is 6.09. The zero-order valence-corrected chi connectivity index (χ0v) is 11.1. The minimum Gasteiger partial charge on any atom is -0.380 e. The van der Waals surface area contributed by atoms with E-state index in [9.17, 15) is 0 Å². The highest BCUT2D eigenvalue weighted by Gasteiger charge is 1.95. The fraction of sp³-hybridized carbons (Fsp3) is 0.467. The van der Waals surface area contributed by atoms with E-state index >= 15 is 0 Å². The molecular weight excluding hydrogens is 210 g/mol. The Morgan fingerprint density at radius 3 is 2.94 bits per heavy atom. The van der Waals surface area contributed by atoms with Crippen molar-refractivity contribution in [3.8, 4) is 0 Å². The highest BCUT2D eigenvalue weighted by molar-refractivity contribution is 5.50. The van der Waals surface area contributed by atoms with Crippen molar-refractivity contribution in [1.82, 2.24) is 5.32 Å². The summed E-state index contributed by atoms with van der Waals surface area (Å²) in [5, 5.41) is 3.43. The van der Waals surface area contributed by atoms with Gasteiger partial charge in [-0.05, 0) is 37.1 Å². The van der Waals surface area contributed by atoms with Crippen LogP contribution in [0.5, 0.6) is 0 Å². The Bertz CT molecular complexity index is 347. The number of hydrogen-bond donors (Lipinski definition) is 1. The number of hydrogen-bond acceptors (Lipinski definition) is 2. The van der Waals surface area contributed by atoms with Crippen LogP contribution in [0.1, 0.15) is 31.4 Å². The first-order chi connectivity index (χ1) is 8.26. The average Bonchev–Trinajstić information content (AvgIpc) is 2.35. The number of methoxy groups -OCH3 is 1. The van der Waals surface area contributed by atoms with E-state index in [2.05, 4.69) is 55.6 Å². The number of ether oxygens (including phenoxy) is 1. The second kappa shape index (κ2) is 8.04. The third-order valence-corrected chi connectivity index (χ3v) is 2.56. The Morgan fingerprint density at radius 1 is 1.41 bits per heavy atom. The fourth-order valence-electron chi connectivity index (χ4n) is 1.65. The zero-order valence-electron chi connectivity index (χ0n) is 11.1. The molecule has 0 aliphatic carbocycles. The van der Waals surface area contributed by atoms with E-state index in [0.717, 1.165) is 6.54 Å². The third kappa shape index (κ3) is 5.66. The molecule has 0 aliphatic heterocycles. The Balaban J connectivity index is 2.54. The smallest absolute Gasteiger partial charge is 0.0713 e. The minimum absolute atomic E-state index is 0.418. The topological polar surface area (TPSA) is 21.3 Å². The molecule has 1 aromatic rings. The SMILES string of the molecule is CCCNC(C)/C=C/c1cccc(COC)c1. The van der Waals surface area contributed by atoms with Gasteiger partial charge in [-0.3, -0.25) is 0 Å². The molecule has 0 spiro atoms. The maximum atomic E-state index is 5.13. The lowest BCUT2D eigenvalue weighted by atomic mass is 10.1. The molecule has 1 rings (SSSR count). The van der Waals surface area contributed by atoms with Gasteiger partial charge in [0.15, 0.2) is 0 Å². The normalized spacial score (nSPS) is 13.1. The van der Waals surface area contributed by atoms with Crippen molar-refractivity contribution in [3.05, 3.63) is 41.5 Å². The molecule has 0 saturated heterocycles. The first-order valence-electron chi connectivity index (χ1n) is 6.25. The quantitative estimate of drug-likeness (QED) is 0.780. The predicted octanol–water partition coefficient (Wildman–Crippen LogP) is 3.23. The van der Waals surface area contributed by atoms with Crippen LogP contribution in [-0.4, -0.2) is 19.7 Å². The van der Waals surface area contributed by atoms with Gasteiger partial charge in [-0.15, -0.1) is 0 Å². The monoisotopic (exact) mass is 233 g/mol. The maximum absolute atomic E-state index is 5.13. The van der Waals surface area contributed by atoms with Gasteiger partial charge in [-0.1, -0.05) is 37.3 Å². The summed E-state index contributed by atoms with van der Waals surface area (Å²) in [7, 11) is 1.72. The van der Waals surface area contributed by atoms with E-state index in [1.54, 1.807) is 7.11 Å². The summed E-state index contributed by atoms with van der Waals surface area (Å²) in [5.74, 6) is 0.